The largest absolute Gasteiger partial charge is 0.491 e. The highest BCUT2D eigenvalue weighted by atomic mass is 32.2. The monoisotopic (exact) mass is 454 g/mol. The van der Waals surface area contributed by atoms with Crippen LogP contribution in [0, 0.1) is 13.8 Å². The number of nitrogens with one attached hydrogen (secondary N) is 1. The zero-order chi connectivity index (χ0) is 22.5. The maximum Gasteiger partial charge on any atom is 0.262 e. The number of carbonyl (C=O) groups is 1. The van der Waals surface area contributed by atoms with E-state index in [9.17, 15) is 4.79 Å². The van der Waals surface area contributed by atoms with Crippen molar-refractivity contribution in [2.45, 2.75) is 24.8 Å². The van der Waals surface area contributed by atoms with Gasteiger partial charge < -0.3 is 24.3 Å². The molecular weight excluding hydrogens is 432 g/mol. The van der Waals surface area contributed by atoms with E-state index in [1.165, 1.54) is 18.9 Å². The quantitative estimate of drug-likeness (QED) is 0.404. The van der Waals surface area contributed by atoms with Crippen molar-refractivity contribution < 1.29 is 23.7 Å². The van der Waals surface area contributed by atoms with Gasteiger partial charge >= 0.3 is 0 Å². The SMILES string of the molecule is COc1cnc(CSc2nc(C)cc(C)n2)cc1OCC(=O)Nc1ccc2c(c1)OCO2. The van der Waals surface area contributed by atoms with Crippen molar-refractivity contribution in [2.75, 3.05) is 25.8 Å². The van der Waals surface area contributed by atoms with Gasteiger partial charge in [0.2, 0.25) is 6.79 Å². The fourth-order valence-electron chi connectivity index (χ4n) is 3.02. The second-order valence-corrected chi connectivity index (χ2v) is 7.90. The number of methoxy groups -OCH3 is 1. The maximum atomic E-state index is 12.4. The van der Waals surface area contributed by atoms with Gasteiger partial charge in [0.25, 0.3) is 5.91 Å². The summed E-state index contributed by atoms with van der Waals surface area (Å²) in [7, 11) is 1.52. The van der Waals surface area contributed by atoms with Gasteiger partial charge in [0.05, 0.1) is 19.0 Å². The minimum atomic E-state index is -0.317. The van der Waals surface area contributed by atoms with Crippen LogP contribution in [-0.2, 0) is 10.5 Å². The highest BCUT2D eigenvalue weighted by Crippen LogP contribution is 2.34. The Kier molecular flexibility index (Phi) is 6.60. The summed E-state index contributed by atoms with van der Waals surface area (Å²) in [6.45, 7) is 3.85. The minimum absolute atomic E-state index is 0.175. The number of benzene rings is 1. The van der Waals surface area contributed by atoms with Gasteiger partial charge in [0, 0.05) is 35.0 Å². The minimum Gasteiger partial charge on any atom is -0.491 e. The fraction of sp³-hybridized carbons (Fsp3) is 0.273. The Hall–Kier alpha value is -3.53. The van der Waals surface area contributed by atoms with Gasteiger partial charge in [0.15, 0.2) is 34.8 Å². The molecule has 0 fully saturated rings. The third kappa shape index (κ3) is 5.38. The first kappa shape index (κ1) is 21.7. The highest BCUT2D eigenvalue weighted by molar-refractivity contribution is 7.98. The topological polar surface area (TPSA) is 105 Å². The Bertz CT molecular complexity index is 1120. The van der Waals surface area contributed by atoms with E-state index in [2.05, 4.69) is 20.3 Å². The number of pyridine rings is 1. The molecule has 166 valence electrons. The van der Waals surface area contributed by atoms with Crippen LogP contribution in [0.1, 0.15) is 17.1 Å². The lowest BCUT2D eigenvalue weighted by atomic mass is 10.3. The zero-order valence-corrected chi connectivity index (χ0v) is 18.7. The number of fused-ring (bicyclic) bond motifs is 1. The van der Waals surface area contributed by atoms with E-state index in [0.29, 0.717) is 39.6 Å². The normalized spacial score (nSPS) is 11.8. The van der Waals surface area contributed by atoms with Crippen LogP contribution in [-0.4, -0.2) is 41.4 Å². The number of rotatable bonds is 8. The molecule has 0 saturated carbocycles. The van der Waals surface area contributed by atoms with Crippen LogP contribution >= 0.6 is 11.8 Å². The van der Waals surface area contributed by atoms with Gasteiger partial charge in [-0.3, -0.25) is 9.78 Å². The van der Waals surface area contributed by atoms with E-state index in [1.54, 1.807) is 30.5 Å². The van der Waals surface area contributed by atoms with Gasteiger partial charge in [0.1, 0.15) is 0 Å². The lowest BCUT2D eigenvalue weighted by Crippen LogP contribution is -2.20. The standard InChI is InChI=1S/C22H22N4O5S/c1-13-6-14(2)25-22(24-13)32-11-16-8-19(20(28-3)9-23-16)29-10-21(27)26-15-4-5-17-18(7-15)31-12-30-17/h4-9H,10-12H2,1-3H3,(H,26,27). The lowest BCUT2D eigenvalue weighted by molar-refractivity contribution is -0.118. The second kappa shape index (κ2) is 9.73. The Morgan fingerprint density at radius 1 is 1.09 bits per heavy atom. The van der Waals surface area contributed by atoms with Gasteiger partial charge in [-0.25, -0.2) is 9.97 Å². The molecule has 1 aliphatic rings. The summed E-state index contributed by atoms with van der Waals surface area (Å²) >= 11 is 1.48. The molecule has 0 bridgehead atoms. The van der Waals surface area contributed by atoms with E-state index in [4.69, 9.17) is 18.9 Å². The molecule has 0 atom stereocenters. The smallest absolute Gasteiger partial charge is 0.262 e. The van der Waals surface area contributed by atoms with E-state index in [0.717, 1.165) is 17.1 Å². The Labute approximate surface area is 189 Å². The summed E-state index contributed by atoms with van der Waals surface area (Å²) in [6, 6.07) is 8.87. The molecule has 2 aromatic heterocycles. The van der Waals surface area contributed by atoms with Crippen LogP contribution in [0.2, 0.25) is 0 Å². The molecule has 1 N–H and O–H groups in total. The molecule has 32 heavy (non-hydrogen) atoms. The van der Waals surface area contributed by atoms with Gasteiger partial charge in [-0.2, -0.15) is 0 Å². The summed E-state index contributed by atoms with van der Waals surface area (Å²) < 4.78 is 21.6. The van der Waals surface area contributed by atoms with E-state index in [1.807, 2.05) is 19.9 Å². The number of hydrogen-bond acceptors (Lipinski definition) is 9. The number of aryl methyl sites for hydroxylation is 2. The molecule has 0 radical (unpaired) electrons. The van der Waals surface area contributed by atoms with E-state index < -0.39 is 0 Å². The highest BCUT2D eigenvalue weighted by Gasteiger charge is 2.15. The molecule has 9 nitrogen and oxygen atoms in total. The average Bonchev–Trinajstić information content (AvgIpc) is 3.23. The summed E-state index contributed by atoms with van der Waals surface area (Å²) in [5, 5.41) is 3.46. The maximum absolute atomic E-state index is 12.4. The van der Waals surface area contributed by atoms with Crippen molar-refractivity contribution in [1.82, 2.24) is 15.0 Å². The van der Waals surface area contributed by atoms with Crippen LogP contribution in [0.25, 0.3) is 0 Å². The Morgan fingerprint density at radius 2 is 1.88 bits per heavy atom. The van der Waals surface area contributed by atoms with Crippen LogP contribution < -0.4 is 24.3 Å². The number of hydrogen-bond donors (Lipinski definition) is 1. The molecule has 0 spiro atoms. The number of amides is 1. The summed E-state index contributed by atoms with van der Waals surface area (Å²) in [4.78, 5) is 25.6. The third-order valence-corrected chi connectivity index (χ3v) is 5.31. The number of anilines is 1. The summed E-state index contributed by atoms with van der Waals surface area (Å²) in [6.07, 6.45) is 1.57. The van der Waals surface area contributed by atoms with Crippen molar-refractivity contribution in [2.24, 2.45) is 0 Å². The van der Waals surface area contributed by atoms with Crippen molar-refractivity contribution >= 4 is 23.4 Å². The molecule has 1 aromatic carbocycles. The van der Waals surface area contributed by atoms with Gasteiger partial charge in [-0.15, -0.1) is 0 Å². The molecule has 0 aliphatic carbocycles. The van der Waals surface area contributed by atoms with Crippen molar-refractivity contribution in [3.8, 4) is 23.0 Å². The van der Waals surface area contributed by atoms with E-state index in [-0.39, 0.29) is 19.3 Å². The molecule has 1 amide bonds. The van der Waals surface area contributed by atoms with Crippen molar-refractivity contribution in [3.05, 3.63) is 53.6 Å². The average molecular weight is 455 g/mol. The molecule has 3 aromatic rings. The van der Waals surface area contributed by atoms with Gasteiger partial charge in [-0.05, 0) is 32.0 Å². The molecule has 4 rings (SSSR count). The molecule has 10 heteroatoms. The van der Waals surface area contributed by atoms with E-state index >= 15 is 0 Å². The number of thioether (sulfide) groups is 1. The first-order valence-corrected chi connectivity index (χ1v) is 10.8. The Morgan fingerprint density at radius 3 is 2.66 bits per heavy atom. The molecule has 1 aliphatic heterocycles. The second-order valence-electron chi connectivity index (χ2n) is 6.95. The van der Waals surface area contributed by atoms with Gasteiger partial charge in [-0.1, -0.05) is 11.8 Å². The predicted octanol–water partition coefficient (Wildman–Crippen LogP) is 3.54. The number of carbonyl (C=O) groups excluding carboxylic acids is 1. The first-order valence-electron chi connectivity index (χ1n) is 9.80. The molecular formula is C22H22N4O5S. The van der Waals surface area contributed by atoms with Crippen LogP contribution in [0.5, 0.6) is 23.0 Å². The van der Waals surface area contributed by atoms with Crippen molar-refractivity contribution in [1.29, 1.82) is 0 Å². The first-order chi connectivity index (χ1) is 15.5. The number of aromatic nitrogens is 3. The van der Waals surface area contributed by atoms with Crippen LogP contribution in [0.15, 0.2) is 41.7 Å². The third-order valence-electron chi connectivity index (χ3n) is 4.43. The van der Waals surface area contributed by atoms with Crippen molar-refractivity contribution in [3.63, 3.8) is 0 Å². The molecule has 3 heterocycles. The number of ether oxygens (including phenoxy) is 4. The molecule has 0 saturated heterocycles. The Balaban J connectivity index is 1.37. The lowest BCUT2D eigenvalue weighted by Gasteiger charge is -2.12. The molecule has 0 unspecified atom stereocenters. The number of nitrogens with zero attached hydrogens (tertiary/aromatic N) is 3. The van der Waals surface area contributed by atoms with Crippen LogP contribution in [0.4, 0.5) is 5.69 Å². The summed E-state index contributed by atoms with van der Waals surface area (Å²) in [5.41, 5.74) is 3.18. The predicted molar refractivity (Wildman–Crippen MR) is 119 cm³/mol. The van der Waals surface area contributed by atoms with Crippen LogP contribution in [0.3, 0.4) is 0 Å². The zero-order valence-electron chi connectivity index (χ0n) is 17.9. The fourth-order valence-corrected chi connectivity index (χ4v) is 3.87. The summed E-state index contributed by atoms with van der Waals surface area (Å²) in [5.74, 6) is 2.35.